The van der Waals surface area contributed by atoms with Crippen LogP contribution in [0.15, 0.2) is 0 Å². The second-order valence-corrected chi connectivity index (χ2v) is 5.03. The topological polar surface area (TPSA) is 49.4 Å². The molecule has 0 aromatic rings. The molecule has 4 nitrogen and oxygen atoms in total. The summed E-state index contributed by atoms with van der Waals surface area (Å²) < 4.78 is 0. The molecule has 16 heavy (non-hydrogen) atoms. The van der Waals surface area contributed by atoms with Crippen molar-refractivity contribution in [3.05, 3.63) is 0 Å². The molecule has 0 bridgehead atoms. The summed E-state index contributed by atoms with van der Waals surface area (Å²) in [6.45, 7) is 5.68. The zero-order chi connectivity index (χ0) is 11.8. The quantitative estimate of drug-likeness (QED) is 0.709. The van der Waals surface area contributed by atoms with E-state index in [0.717, 1.165) is 32.4 Å². The summed E-state index contributed by atoms with van der Waals surface area (Å²) in [5, 5.41) is 3.25. The summed E-state index contributed by atoms with van der Waals surface area (Å²) in [6.07, 6.45) is 2.89. The highest BCUT2D eigenvalue weighted by molar-refractivity contribution is 6.06. The molecule has 2 saturated heterocycles. The maximum Gasteiger partial charge on any atom is 0.236 e. The molecule has 2 heterocycles. The van der Waals surface area contributed by atoms with Crippen LogP contribution in [0.4, 0.5) is 0 Å². The molecule has 2 aliphatic heterocycles. The standard InChI is InChI=1S/C12H20N2O2/c1-3-9(2)14-10(15)8-12(11(14)16)4-6-13-7-5-12/h9,13H,3-8H2,1-2H3/t9-/m0/s1. The number of rotatable bonds is 2. The molecule has 1 N–H and O–H groups in total. The van der Waals surface area contributed by atoms with E-state index in [1.165, 1.54) is 4.90 Å². The van der Waals surface area contributed by atoms with E-state index in [2.05, 4.69) is 5.32 Å². The molecule has 0 aromatic heterocycles. The third-order valence-corrected chi connectivity index (χ3v) is 4.02. The number of imide groups is 1. The van der Waals surface area contributed by atoms with Crippen LogP contribution in [0.1, 0.15) is 39.5 Å². The Bertz CT molecular complexity index is 308. The molecule has 2 fully saturated rings. The summed E-state index contributed by atoms with van der Waals surface area (Å²) >= 11 is 0. The highest BCUT2D eigenvalue weighted by atomic mass is 16.2. The van der Waals surface area contributed by atoms with Crippen molar-refractivity contribution in [2.24, 2.45) is 5.41 Å². The Balaban J connectivity index is 2.20. The average molecular weight is 224 g/mol. The van der Waals surface area contributed by atoms with Crippen molar-refractivity contribution in [1.29, 1.82) is 0 Å². The van der Waals surface area contributed by atoms with Gasteiger partial charge in [0.1, 0.15) is 0 Å². The smallest absolute Gasteiger partial charge is 0.236 e. The lowest BCUT2D eigenvalue weighted by molar-refractivity contribution is -0.144. The molecule has 1 spiro atoms. The minimum atomic E-state index is -0.369. The Morgan fingerprint density at radius 3 is 2.56 bits per heavy atom. The molecule has 0 radical (unpaired) electrons. The van der Waals surface area contributed by atoms with Crippen LogP contribution in [-0.4, -0.2) is 35.8 Å². The van der Waals surface area contributed by atoms with E-state index in [9.17, 15) is 9.59 Å². The number of amides is 2. The lowest BCUT2D eigenvalue weighted by Gasteiger charge is -2.32. The van der Waals surface area contributed by atoms with Gasteiger partial charge in [-0.2, -0.15) is 0 Å². The normalized spacial score (nSPS) is 26.5. The number of hydrogen-bond acceptors (Lipinski definition) is 3. The monoisotopic (exact) mass is 224 g/mol. The van der Waals surface area contributed by atoms with Gasteiger partial charge in [-0.25, -0.2) is 0 Å². The van der Waals surface area contributed by atoms with E-state index < -0.39 is 0 Å². The molecule has 90 valence electrons. The number of hydrogen-bond donors (Lipinski definition) is 1. The summed E-state index contributed by atoms with van der Waals surface area (Å²) in [4.78, 5) is 25.8. The van der Waals surface area contributed by atoms with Crippen LogP contribution >= 0.6 is 0 Å². The molecule has 0 aromatic carbocycles. The first-order valence-electron chi connectivity index (χ1n) is 6.18. The van der Waals surface area contributed by atoms with Gasteiger partial charge in [0.15, 0.2) is 0 Å². The minimum Gasteiger partial charge on any atom is -0.317 e. The fraction of sp³-hybridized carbons (Fsp3) is 0.833. The van der Waals surface area contributed by atoms with Crippen LogP contribution in [0.25, 0.3) is 0 Å². The van der Waals surface area contributed by atoms with E-state index in [1.807, 2.05) is 13.8 Å². The summed E-state index contributed by atoms with van der Waals surface area (Å²) in [5.41, 5.74) is -0.369. The number of nitrogens with zero attached hydrogens (tertiary/aromatic N) is 1. The van der Waals surface area contributed by atoms with Crippen LogP contribution in [0, 0.1) is 5.41 Å². The molecule has 2 amide bonds. The number of piperidine rings is 1. The number of carbonyl (C=O) groups excluding carboxylic acids is 2. The highest BCUT2D eigenvalue weighted by Gasteiger charge is 2.52. The molecule has 2 rings (SSSR count). The molecule has 0 unspecified atom stereocenters. The maximum absolute atomic E-state index is 12.4. The first-order chi connectivity index (χ1) is 7.60. The third kappa shape index (κ3) is 1.65. The lowest BCUT2D eigenvalue weighted by atomic mass is 9.77. The van der Waals surface area contributed by atoms with Gasteiger partial charge < -0.3 is 5.32 Å². The van der Waals surface area contributed by atoms with E-state index in [-0.39, 0.29) is 23.3 Å². The predicted octanol–water partition coefficient (Wildman–Crippen LogP) is 0.914. The van der Waals surface area contributed by atoms with Gasteiger partial charge in [-0.05, 0) is 39.3 Å². The fourth-order valence-corrected chi connectivity index (χ4v) is 2.74. The van der Waals surface area contributed by atoms with Gasteiger partial charge in [0.2, 0.25) is 11.8 Å². The molecule has 4 heteroatoms. The van der Waals surface area contributed by atoms with Crippen molar-refractivity contribution in [2.75, 3.05) is 13.1 Å². The number of likely N-dealkylation sites (tertiary alicyclic amines) is 1. The SMILES string of the molecule is CC[C@H](C)N1C(=O)CC2(CCNCC2)C1=O. The van der Waals surface area contributed by atoms with E-state index in [1.54, 1.807) is 0 Å². The van der Waals surface area contributed by atoms with Crippen molar-refractivity contribution >= 4 is 11.8 Å². The lowest BCUT2D eigenvalue weighted by Crippen LogP contribution is -2.45. The van der Waals surface area contributed by atoms with Crippen LogP contribution in [-0.2, 0) is 9.59 Å². The van der Waals surface area contributed by atoms with Crippen molar-refractivity contribution in [3.63, 3.8) is 0 Å². The Morgan fingerprint density at radius 2 is 2.00 bits per heavy atom. The van der Waals surface area contributed by atoms with Gasteiger partial charge in [-0.1, -0.05) is 6.92 Å². The fourth-order valence-electron chi connectivity index (χ4n) is 2.74. The minimum absolute atomic E-state index is 0.0289. The van der Waals surface area contributed by atoms with Crippen LogP contribution in [0.5, 0.6) is 0 Å². The van der Waals surface area contributed by atoms with E-state index >= 15 is 0 Å². The Hall–Kier alpha value is -0.900. The van der Waals surface area contributed by atoms with Gasteiger partial charge in [-0.15, -0.1) is 0 Å². The Kier molecular flexibility index (Phi) is 3.02. The number of carbonyl (C=O) groups is 2. The van der Waals surface area contributed by atoms with Gasteiger partial charge in [0, 0.05) is 12.5 Å². The second kappa shape index (κ2) is 4.17. The van der Waals surface area contributed by atoms with Crippen molar-refractivity contribution in [2.45, 2.75) is 45.6 Å². The zero-order valence-corrected chi connectivity index (χ0v) is 10.1. The molecular formula is C12H20N2O2. The summed E-state index contributed by atoms with van der Waals surface area (Å²) in [7, 11) is 0. The van der Waals surface area contributed by atoms with Crippen molar-refractivity contribution in [1.82, 2.24) is 10.2 Å². The van der Waals surface area contributed by atoms with Crippen LogP contribution in [0.3, 0.4) is 0 Å². The van der Waals surface area contributed by atoms with Crippen molar-refractivity contribution < 1.29 is 9.59 Å². The second-order valence-electron chi connectivity index (χ2n) is 5.03. The van der Waals surface area contributed by atoms with Gasteiger partial charge in [0.25, 0.3) is 0 Å². The van der Waals surface area contributed by atoms with Crippen LogP contribution < -0.4 is 5.32 Å². The molecule has 0 aliphatic carbocycles. The largest absolute Gasteiger partial charge is 0.317 e. The van der Waals surface area contributed by atoms with Crippen molar-refractivity contribution in [3.8, 4) is 0 Å². The average Bonchev–Trinajstić information content (AvgIpc) is 2.51. The molecule has 1 atom stereocenters. The highest BCUT2D eigenvalue weighted by Crippen LogP contribution is 2.41. The molecule has 0 saturated carbocycles. The van der Waals surface area contributed by atoms with Gasteiger partial charge in [0.05, 0.1) is 5.41 Å². The van der Waals surface area contributed by atoms with Gasteiger partial charge >= 0.3 is 0 Å². The predicted molar refractivity (Wildman–Crippen MR) is 60.8 cm³/mol. The maximum atomic E-state index is 12.4. The summed E-state index contributed by atoms with van der Waals surface area (Å²) in [5.74, 6) is 0.106. The first kappa shape index (κ1) is 11.6. The third-order valence-electron chi connectivity index (χ3n) is 4.02. The van der Waals surface area contributed by atoms with Crippen LogP contribution in [0.2, 0.25) is 0 Å². The Morgan fingerprint density at radius 1 is 1.38 bits per heavy atom. The van der Waals surface area contributed by atoms with Gasteiger partial charge in [-0.3, -0.25) is 14.5 Å². The molecular weight excluding hydrogens is 204 g/mol. The van der Waals surface area contributed by atoms with E-state index in [4.69, 9.17) is 0 Å². The first-order valence-corrected chi connectivity index (χ1v) is 6.18. The summed E-state index contributed by atoms with van der Waals surface area (Å²) in [6, 6.07) is 0.0502. The molecule has 2 aliphatic rings. The Labute approximate surface area is 96.4 Å². The number of nitrogens with one attached hydrogen (secondary N) is 1. The zero-order valence-electron chi connectivity index (χ0n) is 10.1. The van der Waals surface area contributed by atoms with E-state index in [0.29, 0.717) is 6.42 Å².